The van der Waals surface area contributed by atoms with Crippen LogP contribution in [0.3, 0.4) is 0 Å². The lowest BCUT2D eigenvalue weighted by molar-refractivity contribution is -0.383. The van der Waals surface area contributed by atoms with Crippen molar-refractivity contribution >= 4 is 44.0 Å². The quantitative estimate of drug-likeness (QED) is 0.425. The summed E-state index contributed by atoms with van der Waals surface area (Å²) >= 11 is 0.798. The number of fused-ring (bicyclic) bond motifs is 1. The van der Waals surface area contributed by atoms with Gasteiger partial charge in [-0.05, 0) is 18.2 Å². The zero-order chi connectivity index (χ0) is 24.5. The molecule has 1 N–H and O–H groups in total. The molecule has 0 atom stereocenters. The van der Waals surface area contributed by atoms with E-state index in [2.05, 4.69) is 15.3 Å². The van der Waals surface area contributed by atoms with Crippen molar-refractivity contribution in [2.24, 2.45) is 0 Å². The number of hydrogen-bond donors (Lipinski definition) is 1. The number of piperazine rings is 1. The van der Waals surface area contributed by atoms with Crippen molar-refractivity contribution in [2.75, 3.05) is 42.9 Å². The molecule has 34 heavy (non-hydrogen) atoms. The number of amides is 1. The highest BCUT2D eigenvalue weighted by Crippen LogP contribution is 2.38. The SMILES string of the molecule is O=C(CN1CCN(c2nc(=O)c3cc(C(F)(F)F)cc([N+](=O)[O-])c3s2)CC1)Nc1ccccn1. The van der Waals surface area contributed by atoms with E-state index in [9.17, 15) is 32.9 Å². The standard InChI is InChI=1S/C20H17F3N6O4S/c21-20(22,23)12-9-13-17(14(10-12)29(32)33)34-19(26-18(13)31)28-7-5-27(6-8-28)11-16(30)25-15-3-1-2-4-24-15/h1-4,9-10H,5-8,11H2,(H,24,25,30). The summed E-state index contributed by atoms with van der Waals surface area (Å²) in [6.07, 6.45) is -3.28. The molecule has 4 rings (SSSR count). The van der Waals surface area contributed by atoms with Gasteiger partial charge in [0.05, 0.1) is 22.4 Å². The number of carbonyl (C=O) groups is 1. The molecule has 3 heterocycles. The lowest BCUT2D eigenvalue weighted by Gasteiger charge is -2.34. The minimum atomic E-state index is -4.84. The van der Waals surface area contributed by atoms with E-state index in [0.29, 0.717) is 44.1 Å². The monoisotopic (exact) mass is 494 g/mol. The lowest BCUT2D eigenvalue weighted by Crippen LogP contribution is -2.49. The minimum absolute atomic E-state index is 0.123. The van der Waals surface area contributed by atoms with Gasteiger partial charge >= 0.3 is 6.18 Å². The molecule has 0 aliphatic carbocycles. The molecule has 3 aromatic rings. The molecule has 0 radical (unpaired) electrons. The first-order valence-electron chi connectivity index (χ1n) is 10.0. The third kappa shape index (κ3) is 5.12. The minimum Gasteiger partial charge on any atom is -0.345 e. The number of aromatic nitrogens is 2. The van der Waals surface area contributed by atoms with Crippen LogP contribution in [0, 0.1) is 10.1 Å². The van der Waals surface area contributed by atoms with Crippen LogP contribution in [0.2, 0.25) is 0 Å². The molecule has 1 aliphatic heterocycles. The van der Waals surface area contributed by atoms with E-state index in [1.165, 1.54) is 0 Å². The van der Waals surface area contributed by atoms with Crippen LogP contribution in [0.1, 0.15) is 5.56 Å². The molecular weight excluding hydrogens is 477 g/mol. The molecular formula is C20H17F3N6O4S. The van der Waals surface area contributed by atoms with Gasteiger partial charge in [-0.3, -0.25) is 24.6 Å². The Hall–Kier alpha value is -3.65. The van der Waals surface area contributed by atoms with Crippen LogP contribution in [-0.4, -0.2) is 58.4 Å². The van der Waals surface area contributed by atoms with Gasteiger partial charge in [0.25, 0.3) is 11.2 Å². The van der Waals surface area contributed by atoms with Gasteiger partial charge in [-0.2, -0.15) is 18.2 Å². The van der Waals surface area contributed by atoms with Crippen LogP contribution < -0.4 is 15.8 Å². The predicted octanol–water partition coefficient (Wildman–Crippen LogP) is 2.74. The van der Waals surface area contributed by atoms with Crippen LogP contribution in [0.25, 0.3) is 10.1 Å². The Morgan fingerprint density at radius 3 is 2.56 bits per heavy atom. The zero-order valence-corrected chi connectivity index (χ0v) is 18.2. The molecule has 1 aromatic carbocycles. The normalized spacial score (nSPS) is 14.9. The summed E-state index contributed by atoms with van der Waals surface area (Å²) in [5.74, 6) is 0.197. The van der Waals surface area contributed by atoms with Crippen molar-refractivity contribution in [3.8, 4) is 0 Å². The average molecular weight is 494 g/mol. The van der Waals surface area contributed by atoms with Gasteiger partial charge < -0.3 is 10.2 Å². The first-order valence-corrected chi connectivity index (χ1v) is 10.8. The first-order chi connectivity index (χ1) is 16.1. The van der Waals surface area contributed by atoms with Crippen molar-refractivity contribution < 1.29 is 22.9 Å². The van der Waals surface area contributed by atoms with E-state index in [1.807, 2.05) is 4.90 Å². The first kappa shape index (κ1) is 23.5. The molecule has 1 aliphatic rings. The Morgan fingerprint density at radius 1 is 1.21 bits per heavy atom. The maximum atomic E-state index is 13.1. The van der Waals surface area contributed by atoms with Gasteiger partial charge in [-0.25, -0.2) is 4.98 Å². The van der Waals surface area contributed by atoms with Crippen molar-refractivity contribution in [2.45, 2.75) is 6.18 Å². The Kier molecular flexibility index (Phi) is 6.43. The Morgan fingerprint density at radius 2 is 1.94 bits per heavy atom. The van der Waals surface area contributed by atoms with Gasteiger partial charge in [0, 0.05) is 38.4 Å². The molecule has 1 fully saturated rings. The number of non-ortho nitro benzene ring substituents is 1. The summed E-state index contributed by atoms with van der Waals surface area (Å²) in [6, 6.07) is 6.17. The zero-order valence-electron chi connectivity index (χ0n) is 17.4. The number of nitro benzene ring substituents is 1. The van der Waals surface area contributed by atoms with E-state index in [-0.39, 0.29) is 22.3 Å². The van der Waals surface area contributed by atoms with Crippen molar-refractivity contribution in [1.29, 1.82) is 0 Å². The van der Waals surface area contributed by atoms with Crippen LogP contribution in [0.5, 0.6) is 0 Å². The molecule has 0 bridgehead atoms. The Balaban J connectivity index is 1.50. The third-order valence-electron chi connectivity index (χ3n) is 5.16. The third-order valence-corrected chi connectivity index (χ3v) is 6.32. The second kappa shape index (κ2) is 9.30. The van der Waals surface area contributed by atoms with E-state index < -0.39 is 33.3 Å². The highest BCUT2D eigenvalue weighted by atomic mass is 32.1. The molecule has 178 valence electrons. The number of alkyl halides is 3. The summed E-state index contributed by atoms with van der Waals surface area (Å²) in [4.78, 5) is 46.7. The topological polar surface area (TPSA) is 122 Å². The molecule has 10 nitrogen and oxygen atoms in total. The molecule has 0 saturated carbocycles. The molecule has 1 saturated heterocycles. The highest BCUT2D eigenvalue weighted by molar-refractivity contribution is 7.22. The molecule has 2 aromatic heterocycles. The average Bonchev–Trinajstić information content (AvgIpc) is 2.78. The summed E-state index contributed by atoms with van der Waals surface area (Å²) in [5.41, 5.74) is -3.03. The van der Waals surface area contributed by atoms with E-state index >= 15 is 0 Å². The Labute approximate surface area is 193 Å². The van der Waals surface area contributed by atoms with Crippen molar-refractivity contribution in [3.05, 3.63) is 62.6 Å². The number of hydrogen-bond acceptors (Lipinski definition) is 9. The van der Waals surface area contributed by atoms with Crippen LogP contribution in [0.15, 0.2) is 41.3 Å². The predicted molar refractivity (Wildman–Crippen MR) is 119 cm³/mol. The molecule has 14 heteroatoms. The molecule has 0 spiro atoms. The van der Waals surface area contributed by atoms with E-state index in [4.69, 9.17) is 0 Å². The molecule has 1 amide bonds. The van der Waals surface area contributed by atoms with E-state index in [1.54, 1.807) is 29.3 Å². The number of rotatable bonds is 5. The van der Waals surface area contributed by atoms with Gasteiger partial charge in [-0.15, -0.1) is 0 Å². The number of nitrogens with zero attached hydrogens (tertiary/aromatic N) is 5. The number of anilines is 2. The second-order valence-corrected chi connectivity index (χ2v) is 8.43. The maximum absolute atomic E-state index is 13.1. The number of nitrogens with one attached hydrogen (secondary N) is 1. The number of benzene rings is 1. The van der Waals surface area contributed by atoms with Gasteiger partial charge in [0.1, 0.15) is 10.5 Å². The van der Waals surface area contributed by atoms with Crippen molar-refractivity contribution in [1.82, 2.24) is 14.9 Å². The fourth-order valence-corrected chi connectivity index (χ4v) is 4.61. The fourth-order valence-electron chi connectivity index (χ4n) is 3.49. The number of nitro groups is 1. The fraction of sp³-hybridized carbons (Fsp3) is 0.300. The second-order valence-electron chi connectivity index (χ2n) is 7.45. The van der Waals surface area contributed by atoms with Crippen LogP contribution >= 0.6 is 11.3 Å². The number of pyridine rings is 1. The largest absolute Gasteiger partial charge is 0.416 e. The number of carbonyl (C=O) groups excluding carboxylic acids is 1. The van der Waals surface area contributed by atoms with Crippen molar-refractivity contribution in [3.63, 3.8) is 0 Å². The van der Waals surface area contributed by atoms with Gasteiger partial charge in [-0.1, -0.05) is 17.4 Å². The highest BCUT2D eigenvalue weighted by Gasteiger charge is 2.34. The summed E-state index contributed by atoms with van der Waals surface area (Å²) < 4.78 is 39.2. The smallest absolute Gasteiger partial charge is 0.345 e. The molecule has 0 unspecified atom stereocenters. The van der Waals surface area contributed by atoms with E-state index in [0.717, 1.165) is 11.3 Å². The van der Waals surface area contributed by atoms with Crippen LogP contribution in [-0.2, 0) is 11.0 Å². The summed E-state index contributed by atoms with van der Waals surface area (Å²) in [7, 11) is 0. The van der Waals surface area contributed by atoms with Crippen LogP contribution in [0.4, 0.5) is 29.8 Å². The summed E-state index contributed by atoms with van der Waals surface area (Å²) in [5, 5.41) is 13.9. The lowest BCUT2D eigenvalue weighted by atomic mass is 10.1. The van der Waals surface area contributed by atoms with Gasteiger partial charge in [0.2, 0.25) is 5.91 Å². The summed E-state index contributed by atoms with van der Waals surface area (Å²) in [6.45, 7) is 1.77. The maximum Gasteiger partial charge on any atom is 0.416 e. The number of halogens is 3. The Bertz CT molecular complexity index is 1290. The van der Waals surface area contributed by atoms with Gasteiger partial charge in [0.15, 0.2) is 5.13 Å².